The maximum atomic E-state index is 11.1. The molecule has 0 atom stereocenters. The summed E-state index contributed by atoms with van der Waals surface area (Å²) in [6.45, 7) is 3.60. The van der Waals surface area contributed by atoms with Crippen LogP contribution in [0.25, 0.3) is 11.3 Å². The third-order valence-corrected chi connectivity index (χ3v) is 2.57. The van der Waals surface area contributed by atoms with Crippen molar-refractivity contribution in [2.24, 2.45) is 0 Å². The molecule has 0 spiro atoms. The van der Waals surface area contributed by atoms with Gasteiger partial charge < -0.3 is 0 Å². The largest absolute Gasteiger partial charge is 0.295 e. The summed E-state index contributed by atoms with van der Waals surface area (Å²) in [5.74, 6) is 0.0873. The second kappa shape index (κ2) is 4.27. The van der Waals surface area contributed by atoms with E-state index in [1.165, 1.54) is 0 Å². The highest BCUT2D eigenvalue weighted by molar-refractivity contribution is 5.94. The summed E-state index contributed by atoms with van der Waals surface area (Å²) in [5.41, 5.74) is 3.89. The molecule has 2 aromatic rings. The molecular weight excluding hydrogens is 198 g/mol. The van der Waals surface area contributed by atoms with Crippen molar-refractivity contribution in [3.8, 4) is 11.3 Å². The van der Waals surface area contributed by atoms with Crippen molar-refractivity contribution in [2.45, 2.75) is 13.8 Å². The maximum absolute atomic E-state index is 11.1. The molecule has 0 radical (unpaired) electrons. The second-order valence-electron chi connectivity index (χ2n) is 3.80. The van der Waals surface area contributed by atoms with Crippen molar-refractivity contribution in [3.05, 3.63) is 53.7 Å². The Morgan fingerprint density at radius 1 is 1.12 bits per heavy atom. The number of hydrogen-bond donors (Lipinski definition) is 0. The molecule has 0 aliphatic heterocycles. The smallest absolute Gasteiger partial charge is 0.159 e. The van der Waals surface area contributed by atoms with Crippen LogP contribution in [-0.2, 0) is 0 Å². The van der Waals surface area contributed by atoms with Gasteiger partial charge in [0.1, 0.15) is 0 Å². The van der Waals surface area contributed by atoms with E-state index in [-0.39, 0.29) is 5.78 Å². The van der Waals surface area contributed by atoms with Crippen molar-refractivity contribution in [2.75, 3.05) is 0 Å². The molecule has 1 aromatic heterocycles. The van der Waals surface area contributed by atoms with E-state index in [0.29, 0.717) is 0 Å². The topological polar surface area (TPSA) is 30.0 Å². The molecule has 0 amide bonds. The van der Waals surface area contributed by atoms with Gasteiger partial charge >= 0.3 is 0 Å². The number of carbonyl (C=O) groups is 1. The van der Waals surface area contributed by atoms with Gasteiger partial charge in [-0.1, -0.05) is 30.3 Å². The highest BCUT2D eigenvalue weighted by Crippen LogP contribution is 2.20. The quantitative estimate of drug-likeness (QED) is 0.714. The molecule has 80 valence electrons. The average molecular weight is 211 g/mol. The fraction of sp³-hybridized carbons (Fsp3) is 0.143. The highest BCUT2D eigenvalue weighted by Gasteiger charge is 2.03. The monoisotopic (exact) mass is 211 g/mol. The first-order valence-electron chi connectivity index (χ1n) is 5.21. The van der Waals surface area contributed by atoms with E-state index in [9.17, 15) is 4.79 Å². The van der Waals surface area contributed by atoms with Crippen LogP contribution in [0.1, 0.15) is 22.8 Å². The van der Waals surface area contributed by atoms with E-state index in [1.54, 1.807) is 13.1 Å². The van der Waals surface area contributed by atoms with E-state index in [1.807, 2.05) is 43.3 Å². The lowest BCUT2D eigenvalue weighted by atomic mass is 10.0. The van der Waals surface area contributed by atoms with Gasteiger partial charge in [-0.25, -0.2) is 0 Å². The summed E-state index contributed by atoms with van der Waals surface area (Å²) in [6.07, 6.45) is 1.78. The van der Waals surface area contributed by atoms with Crippen molar-refractivity contribution < 1.29 is 4.79 Å². The molecule has 0 fully saturated rings. The molecular formula is C14H13NO. The van der Waals surface area contributed by atoms with Crippen LogP contribution in [0, 0.1) is 6.92 Å². The Labute approximate surface area is 95.0 Å². The number of hydrogen-bond acceptors (Lipinski definition) is 2. The summed E-state index contributed by atoms with van der Waals surface area (Å²) < 4.78 is 0. The van der Waals surface area contributed by atoms with E-state index < -0.39 is 0 Å². The van der Waals surface area contributed by atoms with Crippen molar-refractivity contribution in [1.29, 1.82) is 0 Å². The number of nitrogens with zero attached hydrogens (tertiary/aromatic N) is 1. The zero-order valence-electron chi connectivity index (χ0n) is 9.40. The lowest BCUT2D eigenvalue weighted by Crippen LogP contribution is -1.92. The lowest BCUT2D eigenvalue weighted by molar-refractivity contribution is 0.101. The Morgan fingerprint density at radius 2 is 1.81 bits per heavy atom. The predicted octanol–water partition coefficient (Wildman–Crippen LogP) is 3.26. The number of ketones is 1. The van der Waals surface area contributed by atoms with Gasteiger partial charge in [-0.05, 0) is 25.5 Å². The Balaban J connectivity index is 2.43. The van der Waals surface area contributed by atoms with Crippen LogP contribution < -0.4 is 0 Å². The van der Waals surface area contributed by atoms with Crippen LogP contribution in [0.4, 0.5) is 0 Å². The average Bonchev–Trinajstić information content (AvgIpc) is 2.30. The van der Waals surface area contributed by atoms with Crippen LogP contribution in [-0.4, -0.2) is 10.8 Å². The van der Waals surface area contributed by atoms with Gasteiger partial charge in [-0.3, -0.25) is 9.78 Å². The minimum Gasteiger partial charge on any atom is -0.295 e. The standard InChI is InChI=1S/C14H13NO/c1-10-4-3-9-15-14(10)13-7-5-12(6-8-13)11(2)16/h3-9H,1-2H3. The van der Waals surface area contributed by atoms with Gasteiger partial charge in [0.2, 0.25) is 0 Å². The van der Waals surface area contributed by atoms with Crippen LogP contribution in [0.2, 0.25) is 0 Å². The minimum absolute atomic E-state index is 0.0873. The summed E-state index contributed by atoms with van der Waals surface area (Å²) in [5, 5.41) is 0. The molecule has 2 heteroatoms. The van der Waals surface area contributed by atoms with E-state index in [4.69, 9.17) is 0 Å². The normalized spacial score (nSPS) is 10.1. The van der Waals surface area contributed by atoms with Crippen molar-refractivity contribution in [1.82, 2.24) is 4.98 Å². The zero-order valence-corrected chi connectivity index (χ0v) is 9.40. The summed E-state index contributed by atoms with van der Waals surface area (Å²) in [6, 6.07) is 11.5. The first kappa shape index (κ1) is 10.6. The highest BCUT2D eigenvalue weighted by atomic mass is 16.1. The third kappa shape index (κ3) is 2.01. The molecule has 0 saturated heterocycles. The maximum Gasteiger partial charge on any atom is 0.159 e. The van der Waals surface area contributed by atoms with Gasteiger partial charge in [0, 0.05) is 17.3 Å². The Hall–Kier alpha value is -1.96. The molecule has 0 N–H and O–H groups in total. The first-order valence-corrected chi connectivity index (χ1v) is 5.21. The zero-order chi connectivity index (χ0) is 11.5. The summed E-state index contributed by atoms with van der Waals surface area (Å²) in [7, 11) is 0. The van der Waals surface area contributed by atoms with E-state index >= 15 is 0 Å². The Kier molecular flexibility index (Phi) is 2.82. The lowest BCUT2D eigenvalue weighted by Gasteiger charge is -2.04. The van der Waals surface area contributed by atoms with Gasteiger partial charge in [0.25, 0.3) is 0 Å². The molecule has 0 unspecified atom stereocenters. The van der Waals surface area contributed by atoms with Crippen LogP contribution in [0.5, 0.6) is 0 Å². The van der Waals surface area contributed by atoms with Crippen molar-refractivity contribution in [3.63, 3.8) is 0 Å². The van der Waals surface area contributed by atoms with E-state index in [2.05, 4.69) is 4.98 Å². The summed E-state index contributed by atoms with van der Waals surface area (Å²) in [4.78, 5) is 15.5. The van der Waals surface area contributed by atoms with Crippen LogP contribution in [0.3, 0.4) is 0 Å². The second-order valence-corrected chi connectivity index (χ2v) is 3.80. The Morgan fingerprint density at radius 3 is 2.38 bits per heavy atom. The number of benzene rings is 1. The summed E-state index contributed by atoms with van der Waals surface area (Å²) >= 11 is 0. The molecule has 0 saturated carbocycles. The number of aromatic nitrogens is 1. The van der Waals surface area contributed by atoms with Gasteiger partial charge in [0.15, 0.2) is 5.78 Å². The molecule has 2 rings (SSSR count). The van der Waals surface area contributed by atoms with Crippen LogP contribution >= 0.6 is 0 Å². The number of carbonyl (C=O) groups excluding carboxylic acids is 1. The third-order valence-electron chi connectivity index (χ3n) is 2.57. The molecule has 16 heavy (non-hydrogen) atoms. The molecule has 1 aromatic carbocycles. The molecule has 0 aliphatic rings. The predicted molar refractivity (Wildman–Crippen MR) is 64.4 cm³/mol. The fourth-order valence-corrected chi connectivity index (χ4v) is 1.65. The fourth-order valence-electron chi connectivity index (χ4n) is 1.65. The SMILES string of the molecule is CC(=O)c1ccc(-c2ncccc2C)cc1. The van der Waals surface area contributed by atoms with Gasteiger partial charge in [-0.2, -0.15) is 0 Å². The molecule has 0 bridgehead atoms. The number of rotatable bonds is 2. The number of aryl methyl sites for hydroxylation is 1. The van der Waals surface area contributed by atoms with Gasteiger partial charge in [-0.15, -0.1) is 0 Å². The van der Waals surface area contributed by atoms with Gasteiger partial charge in [0.05, 0.1) is 5.69 Å². The number of pyridine rings is 1. The molecule has 0 aliphatic carbocycles. The van der Waals surface area contributed by atoms with Crippen molar-refractivity contribution >= 4 is 5.78 Å². The van der Waals surface area contributed by atoms with E-state index in [0.717, 1.165) is 22.4 Å². The molecule has 1 heterocycles. The molecule has 2 nitrogen and oxygen atoms in total. The first-order chi connectivity index (χ1) is 7.68. The number of Topliss-reactive ketones (excluding diaryl/α,β-unsaturated/α-hetero) is 1. The minimum atomic E-state index is 0.0873. The Bertz CT molecular complexity index is 515. The van der Waals surface area contributed by atoms with Crippen LogP contribution in [0.15, 0.2) is 42.6 Å².